The topological polar surface area (TPSA) is 83.8 Å². The summed E-state index contributed by atoms with van der Waals surface area (Å²) < 4.78 is 11.1. The number of rotatable bonds is 3. The highest BCUT2D eigenvalue weighted by Gasteiger charge is 2.44. The van der Waals surface area contributed by atoms with Crippen molar-refractivity contribution in [3.05, 3.63) is 0 Å². The predicted octanol–water partition coefficient (Wildman–Crippen LogP) is -1.71. The number of nitrogens with zero attached hydrogens (tertiary/aromatic N) is 1. The second-order valence-electron chi connectivity index (χ2n) is 5.08. The minimum Gasteiger partial charge on any atom is -0.363 e. The maximum atomic E-state index is 6.05. The lowest BCUT2D eigenvalue weighted by atomic mass is 10.1. The molecule has 5 N–H and O–H groups in total. The number of hydrogen-bond acceptors (Lipinski definition) is 7. The largest absolute Gasteiger partial charge is 0.363 e. The van der Waals surface area contributed by atoms with Gasteiger partial charge in [-0.05, 0) is 12.8 Å². The van der Waals surface area contributed by atoms with Crippen LogP contribution in [-0.2, 0) is 9.26 Å². The van der Waals surface area contributed by atoms with Crippen molar-refractivity contribution in [1.29, 1.82) is 0 Å². The Morgan fingerprint density at radius 1 is 1.33 bits per heavy atom. The third-order valence-electron chi connectivity index (χ3n) is 3.98. The molecule has 0 aliphatic carbocycles. The quantitative estimate of drug-likeness (QED) is 0.457. The van der Waals surface area contributed by atoms with Crippen molar-refractivity contribution in [2.45, 2.75) is 43.5 Å². The fourth-order valence-corrected chi connectivity index (χ4v) is 3.26. The van der Waals surface area contributed by atoms with E-state index in [9.17, 15) is 0 Å². The predicted molar refractivity (Wildman–Crippen MR) is 70.1 cm³/mol. The molecule has 0 bridgehead atoms. The molecule has 18 heavy (non-hydrogen) atoms. The monoisotopic (exact) mass is 275 g/mol. The highest BCUT2D eigenvalue weighted by Crippen LogP contribution is 2.27. The molecular formula is C10H22N5O2P. The number of hydrogen-bond donors (Lipinski definition) is 4. The van der Waals surface area contributed by atoms with Gasteiger partial charge in [0.15, 0.2) is 0 Å². The fraction of sp³-hybridized carbons (Fsp3) is 1.00. The first-order chi connectivity index (χ1) is 8.79. The van der Waals surface area contributed by atoms with Crippen molar-refractivity contribution in [2.75, 3.05) is 19.9 Å². The molecule has 0 aromatic rings. The highest BCUT2D eigenvalue weighted by atomic mass is 31.0. The summed E-state index contributed by atoms with van der Waals surface area (Å²) in [4.78, 5) is 2.33. The van der Waals surface area contributed by atoms with Crippen molar-refractivity contribution in [3.63, 3.8) is 0 Å². The third-order valence-corrected chi connectivity index (χ3v) is 4.17. The van der Waals surface area contributed by atoms with E-state index in [0.717, 1.165) is 26.2 Å². The van der Waals surface area contributed by atoms with Gasteiger partial charge in [0.1, 0.15) is 6.23 Å². The summed E-state index contributed by atoms with van der Waals surface area (Å²) in [5, 5.41) is 10.1. The van der Waals surface area contributed by atoms with E-state index in [4.69, 9.17) is 15.0 Å². The standard InChI is InChI=1S/C10H22N5O2P/c11-9-8-10(13-4-12-9)15(5-14-8)7-2-1-6(17-7)3-16-18/h6-10,12-14H,1-5,11,18H2/t6-,7+,8?,9?,10?/m0/s1. The summed E-state index contributed by atoms with van der Waals surface area (Å²) in [5.74, 6) is 0. The first-order valence-corrected chi connectivity index (χ1v) is 6.95. The van der Waals surface area contributed by atoms with Crippen molar-refractivity contribution in [3.8, 4) is 0 Å². The summed E-state index contributed by atoms with van der Waals surface area (Å²) in [7, 11) is 2.28. The van der Waals surface area contributed by atoms with Crippen LogP contribution in [0.3, 0.4) is 0 Å². The Bertz CT molecular complexity index is 297. The van der Waals surface area contributed by atoms with Gasteiger partial charge in [-0.2, -0.15) is 0 Å². The minimum atomic E-state index is -0.00572. The first kappa shape index (κ1) is 13.1. The van der Waals surface area contributed by atoms with Gasteiger partial charge < -0.3 is 15.0 Å². The lowest BCUT2D eigenvalue weighted by Gasteiger charge is -2.38. The molecule has 104 valence electrons. The zero-order chi connectivity index (χ0) is 12.5. The lowest BCUT2D eigenvalue weighted by molar-refractivity contribution is -0.0778. The van der Waals surface area contributed by atoms with Gasteiger partial charge >= 0.3 is 0 Å². The molecule has 3 fully saturated rings. The molecule has 7 nitrogen and oxygen atoms in total. The zero-order valence-electron chi connectivity index (χ0n) is 10.3. The van der Waals surface area contributed by atoms with Crippen LogP contribution in [-0.4, -0.2) is 55.5 Å². The van der Waals surface area contributed by atoms with Crippen LogP contribution in [0.4, 0.5) is 0 Å². The normalized spacial score (nSPS) is 45.3. The summed E-state index contributed by atoms with van der Waals surface area (Å²) >= 11 is 0. The van der Waals surface area contributed by atoms with Gasteiger partial charge in [0.25, 0.3) is 0 Å². The van der Waals surface area contributed by atoms with E-state index in [2.05, 4.69) is 30.3 Å². The highest BCUT2D eigenvalue weighted by molar-refractivity contribution is 7.09. The van der Waals surface area contributed by atoms with E-state index in [0.29, 0.717) is 6.61 Å². The number of fused-ring (bicyclic) bond motifs is 1. The molecule has 0 saturated carbocycles. The molecule has 0 spiro atoms. The van der Waals surface area contributed by atoms with E-state index < -0.39 is 0 Å². The average molecular weight is 275 g/mol. The van der Waals surface area contributed by atoms with Crippen molar-refractivity contribution >= 4 is 9.47 Å². The van der Waals surface area contributed by atoms with Crippen LogP contribution >= 0.6 is 9.47 Å². The Labute approximate surface area is 109 Å². The molecule has 3 rings (SSSR count). The lowest BCUT2D eigenvalue weighted by Crippen LogP contribution is -2.68. The van der Waals surface area contributed by atoms with Crippen LogP contribution in [0.5, 0.6) is 0 Å². The van der Waals surface area contributed by atoms with Gasteiger partial charge in [0.2, 0.25) is 0 Å². The number of ether oxygens (including phenoxy) is 1. The summed E-state index contributed by atoms with van der Waals surface area (Å²) in [6.07, 6.45) is 2.72. The zero-order valence-corrected chi connectivity index (χ0v) is 11.5. The van der Waals surface area contributed by atoms with Crippen LogP contribution in [0, 0.1) is 0 Å². The number of nitrogens with two attached hydrogens (primary N) is 1. The van der Waals surface area contributed by atoms with Gasteiger partial charge in [-0.3, -0.25) is 16.0 Å². The molecular weight excluding hydrogens is 253 g/mol. The van der Waals surface area contributed by atoms with Crippen LogP contribution < -0.4 is 21.7 Å². The molecule has 0 aromatic heterocycles. The van der Waals surface area contributed by atoms with Gasteiger partial charge in [-0.25, -0.2) is 4.90 Å². The summed E-state index contributed by atoms with van der Waals surface area (Å²) in [6.45, 7) is 2.20. The molecule has 3 saturated heterocycles. The van der Waals surface area contributed by atoms with Crippen LogP contribution in [0.25, 0.3) is 0 Å². The fourth-order valence-electron chi connectivity index (χ4n) is 3.04. The van der Waals surface area contributed by atoms with E-state index >= 15 is 0 Å². The molecule has 8 heteroatoms. The summed E-state index contributed by atoms with van der Waals surface area (Å²) in [5.41, 5.74) is 6.05. The smallest absolute Gasteiger partial charge is 0.113 e. The van der Waals surface area contributed by atoms with Gasteiger partial charge in [0, 0.05) is 16.1 Å². The molecule has 3 heterocycles. The van der Waals surface area contributed by atoms with Crippen LogP contribution in [0.15, 0.2) is 0 Å². The van der Waals surface area contributed by atoms with Crippen LogP contribution in [0.2, 0.25) is 0 Å². The second-order valence-corrected chi connectivity index (χ2v) is 5.41. The third kappa shape index (κ3) is 2.42. The molecule has 0 radical (unpaired) electrons. The van der Waals surface area contributed by atoms with E-state index in [1.54, 1.807) is 0 Å². The van der Waals surface area contributed by atoms with Crippen molar-refractivity contribution < 1.29 is 9.26 Å². The Hall–Kier alpha value is 0.150. The maximum absolute atomic E-state index is 6.05. The Balaban J connectivity index is 1.60. The molecule has 0 aromatic carbocycles. The number of nitrogens with one attached hydrogen (secondary N) is 3. The van der Waals surface area contributed by atoms with E-state index in [1.807, 2.05) is 0 Å². The molecule has 0 amide bonds. The minimum absolute atomic E-state index is 0.00572. The average Bonchev–Trinajstić information content (AvgIpc) is 2.96. The van der Waals surface area contributed by atoms with E-state index in [1.165, 1.54) is 0 Å². The summed E-state index contributed by atoms with van der Waals surface area (Å²) in [6, 6.07) is 0.236. The molecule has 3 aliphatic rings. The molecule has 6 atom stereocenters. The van der Waals surface area contributed by atoms with Crippen molar-refractivity contribution in [2.24, 2.45) is 5.73 Å². The van der Waals surface area contributed by atoms with Crippen molar-refractivity contribution in [1.82, 2.24) is 20.9 Å². The van der Waals surface area contributed by atoms with E-state index in [-0.39, 0.29) is 30.7 Å². The Kier molecular flexibility index (Phi) is 4.12. The molecule has 4 unspecified atom stereocenters. The van der Waals surface area contributed by atoms with Gasteiger partial charge in [-0.15, -0.1) is 0 Å². The molecule has 3 aliphatic heterocycles. The van der Waals surface area contributed by atoms with Gasteiger partial charge in [-0.1, -0.05) is 0 Å². The second kappa shape index (κ2) is 5.64. The Morgan fingerprint density at radius 2 is 2.22 bits per heavy atom. The first-order valence-electron chi connectivity index (χ1n) is 6.48. The van der Waals surface area contributed by atoms with Crippen LogP contribution in [0.1, 0.15) is 12.8 Å². The maximum Gasteiger partial charge on any atom is 0.113 e. The Morgan fingerprint density at radius 3 is 3.06 bits per heavy atom. The SMILES string of the molecule is NC1NCNC2C1NCN2[C@H]1CC[C@@H](COP)O1. The van der Waals surface area contributed by atoms with Gasteiger partial charge in [0.05, 0.1) is 37.8 Å².